The first kappa shape index (κ1) is 16.5. The van der Waals surface area contributed by atoms with E-state index >= 15 is 0 Å². The number of carbonyl (C=O) groups is 3. The molecule has 7 nitrogen and oxygen atoms in total. The molecule has 1 unspecified atom stereocenters. The number of halogens is 1. The Morgan fingerprint density at radius 3 is 2.28 bits per heavy atom. The summed E-state index contributed by atoms with van der Waals surface area (Å²) in [6, 6.07) is -1.27. The minimum atomic E-state index is -1.28. The molecule has 0 fully saturated rings. The second-order valence-electron chi connectivity index (χ2n) is 4.47. The third-order valence-electron chi connectivity index (χ3n) is 1.61. The van der Waals surface area contributed by atoms with Crippen molar-refractivity contribution in [2.45, 2.75) is 32.4 Å². The van der Waals surface area contributed by atoms with Crippen LogP contribution in [0, 0.1) is 0 Å². The molecule has 0 aliphatic rings. The zero-order valence-corrected chi connectivity index (χ0v) is 11.2. The van der Waals surface area contributed by atoms with Gasteiger partial charge in [0, 0.05) is 6.54 Å². The summed E-state index contributed by atoms with van der Waals surface area (Å²) in [4.78, 5) is 33.1. The molecule has 8 heteroatoms. The minimum Gasteiger partial charge on any atom is -0.480 e. The Balaban J connectivity index is 4.32. The second kappa shape index (κ2) is 7.05. The van der Waals surface area contributed by atoms with Crippen LogP contribution >= 0.6 is 11.6 Å². The van der Waals surface area contributed by atoms with Crippen LogP contribution < -0.4 is 10.6 Å². The van der Waals surface area contributed by atoms with Crippen molar-refractivity contribution in [3.05, 3.63) is 0 Å². The van der Waals surface area contributed by atoms with Gasteiger partial charge in [-0.2, -0.15) is 0 Å². The van der Waals surface area contributed by atoms with Gasteiger partial charge in [0.2, 0.25) is 5.91 Å². The van der Waals surface area contributed by atoms with Crippen molar-refractivity contribution in [2.24, 2.45) is 0 Å². The van der Waals surface area contributed by atoms with Gasteiger partial charge in [-0.1, -0.05) is 0 Å². The highest BCUT2D eigenvalue weighted by atomic mass is 35.5. The number of hydrogen-bond donors (Lipinski definition) is 3. The third-order valence-corrected chi connectivity index (χ3v) is 1.86. The van der Waals surface area contributed by atoms with E-state index in [1.807, 2.05) is 0 Å². The number of alkyl carbamates (subject to hydrolysis) is 1. The van der Waals surface area contributed by atoms with Crippen molar-refractivity contribution < 1.29 is 24.2 Å². The molecule has 0 aliphatic carbocycles. The molecular weight excluding hydrogens is 264 g/mol. The Hall–Kier alpha value is -1.50. The molecule has 0 spiro atoms. The number of rotatable bonds is 5. The Labute approximate surface area is 110 Å². The topological polar surface area (TPSA) is 105 Å². The number of carbonyl (C=O) groups excluding carboxylic acids is 2. The van der Waals surface area contributed by atoms with Gasteiger partial charge in [0.25, 0.3) is 0 Å². The molecule has 0 saturated carbocycles. The van der Waals surface area contributed by atoms with Crippen LogP contribution in [0.5, 0.6) is 0 Å². The molecule has 3 N–H and O–H groups in total. The predicted molar refractivity (Wildman–Crippen MR) is 64.5 cm³/mol. The number of carboxylic acid groups (broad SMARTS) is 1. The lowest BCUT2D eigenvalue weighted by molar-refractivity contribution is -0.139. The van der Waals surface area contributed by atoms with Gasteiger partial charge in [-0.15, -0.1) is 11.6 Å². The number of carboxylic acids is 1. The molecule has 0 bridgehead atoms. The van der Waals surface area contributed by atoms with E-state index in [2.05, 4.69) is 10.6 Å². The lowest BCUT2D eigenvalue weighted by Crippen LogP contribution is -2.49. The summed E-state index contributed by atoms with van der Waals surface area (Å²) in [5, 5.41) is 13.2. The molecule has 0 radical (unpaired) electrons. The Morgan fingerprint density at radius 1 is 1.33 bits per heavy atom. The number of ether oxygens (including phenoxy) is 1. The zero-order valence-electron chi connectivity index (χ0n) is 10.4. The van der Waals surface area contributed by atoms with E-state index in [9.17, 15) is 14.4 Å². The van der Waals surface area contributed by atoms with Crippen LogP contribution in [0.15, 0.2) is 0 Å². The normalized spacial score (nSPS) is 12.4. The van der Waals surface area contributed by atoms with Crippen LogP contribution in [0.25, 0.3) is 0 Å². The number of alkyl halides is 1. The summed E-state index contributed by atoms with van der Waals surface area (Å²) in [6.07, 6.45) is -0.866. The van der Waals surface area contributed by atoms with Crippen LogP contribution in [-0.4, -0.2) is 47.1 Å². The first-order valence-corrected chi connectivity index (χ1v) is 5.74. The quantitative estimate of drug-likeness (QED) is 0.629. The van der Waals surface area contributed by atoms with E-state index in [1.165, 1.54) is 0 Å². The highest BCUT2D eigenvalue weighted by molar-refractivity contribution is 6.27. The number of nitrogens with one attached hydrogen (secondary N) is 2. The average molecular weight is 281 g/mol. The van der Waals surface area contributed by atoms with Crippen molar-refractivity contribution >= 4 is 29.6 Å². The van der Waals surface area contributed by atoms with Crippen LogP contribution in [0.4, 0.5) is 4.79 Å². The Bertz CT molecular complexity index is 327. The molecule has 0 aromatic heterocycles. The summed E-state index contributed by atoms with van der Waals surface area (Å²) in [5.74, 6) is -2.08. The van der Waals surface area contributed by atoms with E-state index in [1.54, 1.807) is 20.8 Å². The molecule has 104 valence electrons. The monoisotopic (exact) mass is 280 g/mol. The van der Waals surface area contributed by atoms with Gasteiger partial charge in [0.15, 0.2) is 0 Å². The van der Waals surface area contributed by atoms with Crippen LogP contribution in [0.2, 0.25) is 0 Å². The number of amides is 2. The fourth-order valence-electron chi connectivity index (χ4n) is 0.913. The molecular formula is C10H17ClN2O5. The zero-order chi connectivity index (χ0) is 14.3. The maximum atomic E-state index is 11.4. The van der Waals surface area contributed by atoms with Gasteiger partial charge in [0.05, 0.1) is 0 Å². The van der Waals surface area contributed by atoms with Gasteiger partial charge >= 0.3 is 12.1 Å². The van der Waals surface area contributed by atoms with Crippen molar-refractivity contribution in [2.75, 3.05) is 12.4 Å². The van der Waals surface area contributed by atoms with Crippen molar-refractivity contribution in [1.29, 1.82) is 0 Å². The first-order valence-electron chi connectivity index (χ1n) is 5.20. The SMILES string of the molecule is CC(C)(C)OC(=O)NC(CNC(=O)CCl)C(=O)O. The predicted octanol–water partition coefficient (Wildman–Crippen LogP) is 0.319. The summed E-state index contributed by atoms with van der Waals surface area (Å²) < 4.78 is 4.90. The molecule has 0 saturated heterocycles. The van der Waals surface area contributed by atoms with Crippen molar-refractivity contribution in [1.82, 2.24) is 10.6 Å². The first-order chi connectivity index (χ1) is 8.15. The van der Waals surface area contributed by atoms with Crippen LogP contribution in [-0.2, 0) is 14.3 Å². The average Bonchev–Trinajstić information content (AvgIpc) is 2.20. The fraction of sp³-hybridized carbons (Fsp3) is 0.700. The van der Waals surface area contributed by atoms with Crippen LogP contribution in [0.1, 0.15) is 20.8 Å². The lowest BCUT2D eigenvalue weighted by Gasteiger charge is -2.22. The Kier molecular flexibility index (Phi) is 6.46. The largest absolute Gasteiger partial charge is 0.480 e. The smallest absolute Gasteiger partial charge is 0.408 e. The van der Waals surface area contributed by atoms with E-state index < -0.39 is 29.6 Å². The second-order valence-corrected chi connectivity index (χ2v) is 4.74. The fourth-order valence-corrected chi connectivity index (χ4v) is 1.01. The van der Waals surface area contributed by atoms with E-state index in [0.717, 1.165) is 0 Å². The molecule has 0 aromatic rings. The highest BCUT2D eigenvalue weighted by Crippen LogP contribution is 2.06. The summed E-state index contributed by atoms with van der Waals surface area (Å²) in [5.41, 5.74) is -0.730. The molecule has 0 rings (SSSR count). The van der Waals surface area contributed by atoms with Crippen molar-refractivity contribution in [3.8, 4) is 0 Å². The van der Waals surface area contributed by atoms with Gasteiger partial charge in [-0.25, -0.2) is 9.59 Å². The molecule has 0 heterocycles. The van der Waals surface area contributed by atoms with Gasteiger partial charge < -0.3 is 20.5 Å². The van der Waals surface area contributed by atoms with E-state index in [-0.39, 0.29) is 12.4 Å². The van der Waals surface area contributed by atoms with Gasteiger partial charge in [-0.3, -0.25) is 4.79 Å². The highest BCUT2D eigenvalue weighted by Gasteiger charge is 2.24. The third kappa shape index (κ3) is 7.72. The lowest BCUT2D eigenvalue weighted by atomic mass is 10.2. The molecule has 0 aromatic carbocycles. The Morgan fingerprint density at radius 2 is 1.89 bits per heavy atom. The van der Waals surface area contributed by atoms with E-state index in [4.69, 9.17) is 21.4 Å². The van der Waals surface area contributed by atoms with E-state index in [0.29, 0.717) is 0 Å². The standard InChI is InChI=1S/C10H17ClN2O5/c1-10(2,3)18-9(17)13-6(8(15)16)5-12-7(14)4-11/h6H,4-5H2,1-3H3,(H,12,14)(H,13,17)(H,15,16). The summed E-state index contributed by atoms with van der Waals surface area (Å²) >= 11 is 5.24. The summed E-state index contributed by atoms with van der Waals surface area (Å²) in [7, 11) is 0. The summed E-state index contributed by atoms with van der Waals surface area (Å²) in [6.45, 7) is 4.69. The minimum absolute atomic E-state index is 0.264. The van der Waals surface area contributed by atoms with Gasteiger partial charge in [-0.05, 0) is 20.8 Å². The number of aliphatic carboxylic acids is 1. The molecule has 18 heavy (non-hydrogen) atoms. The molecule has 1 atom stereocenters. The number of hydrogen-bond acceptors (Lipinski definition) is 4. The maximum absolute atomic E-state index is 11.4. The van der Waals surface area contributed by atoms with Gasteiger partial charge in [0.1, 0.15) is 17.5 Å². The maximum Gasteiger partial charge on any atom is 0.408 e. The molecule has 2 amide bonds. The van der Waals surface area contributed by atoms with Crippen LogP contribution in [0.3, 0.4) is 0 Å². The molecule has 0 aliphatic heterocycles. The van der Waals surface area contributed by atoms with Crippen molar-refractivity contribution in [3.63, 3.8) is 0 Å².